The van der Waals surface area contributed by atoms with Crippen LogP contribution >= 0.6 is 0 Å². The first-order valence-corrected chi connectivity index (χ1v) is 8.18. The van der Waals surface area contributed by atoms with Crippen molar-refractivity contribution in [2.45, 2.75) is 52.4 Å². The SMILES string of the molecule is CC1CN(C(C)(C)CNC(=O)C(C)C2CNC2)CC(C)O1. The van der Waals surface area contributed by atoms with E-state index in [1.807, 2.05) is 6.92 Å². The van der Waals surface area contributed by atoms with Gasteiger partial charge < -0.3 is 15.4 Å². The molecule has 0 bridgehead atoms. The van der Waals surface area contributed by atoms with Gasteiger partial charge in [0, 0.05) is 31.1 Å². The first-order valence-electron chi connectivity index (χ1n) is 8.18. The van der Waals surface area contributed by atoms with Crippen molar-refractivity contribution in [1.29, 1.82) is 0 Å². The summed E-state index contributed by atoms with van der Waals surface area (Å²) in [6, 6.07) is 0. The Hall–Kier alpha value is -0.650. The van der Waals surface area contributed by atoms with Crippen molar-refractivity contribution in [2.24, 2.45) is 11.8 Å². The maximum atomic E-state index is 12.3. The van der Waals surface area contributed by atoms with Gasteiger partial charge in [0.2, 0.25) is 5.91 Å². The Morgan fingerprint density at radius 1 is 1.33 bits per heavy atom. The number of nitrogens with zero attached hydrogens (tertiary/aromatic N) is 1. The van der Waals surface area contributed by atoms with Crippen LogP contribution in [-0.2, 0) is 9.53 Å². The van der Waals surface area contributed by atoms with Crippen molar-refractivity contribution in [2.75, 3.05) is 32.7 Å². The molecule has 3 unspecified atom stereocenters. The number of hydrogen-bond acceptors (Lipinski definition) is 4. The average molecular weight is 297 g/mol. The molecule has 0 aliphatic carbocycles. The molecule has 0 saturated carbocycles. The van der Waals surface area contributed by atoms with Gasteiger partial charge in [-0.15, -0.1) is 0 Å². The lowest BCUT2D eigenvalue weighted by molar-refractivity contribution is -0.128. The summed E-state index contributed by atoms with van der Waals surface area (Å²) in [5.41, 5.74) is -0.0421. The van der Waals surface area contributed by atoms with Gasteiger partial charge in [-0.2, -0.15) is 0 Å². The first-order chi connectivity index (χ1) is 9.79. The standard InChI is InChI=1S/C16H31N3O2/c1-11-8-19(9-12(2)21-11)16(4,5)10-18-15(20)13(3)14-6-17-7-14/h11-14,17H,6-10H2,1-5H3,(H,18,20). The summed E-state index contributed by atoms with van der Waals surface area (Å²) >= 11 is 0. The molecule has 2 N–H and O–H groups in total. The van der Waals surface area contributed by atoms with Crippen LogP contribution in [0.1, 0.15) is 34.6 Å². The van der Waals surface area contributed by atoms with E-state index in [0.717, 1.165) is 26.2 Å². The molecule has 2 rings (SSSR count). The molecule has 21 heavy (non-hydrogen) atoms. The fourth-order valence-corrected chi connectivity index (χ4v) is 3.13. The minimum Gasteiger partial charge on any atom is -0.373 e. The summed E-state index contributed by atoms with van der Waals surface area (Å²) < 4.78 is 5.79. The van der Waals surface area contributed by atoms with E-state index in [2.05, 4.69) is 43.2 Å². The van der Waals surface area contributed by atoms with E-state index in [0.29, 0.717) is 12.5 Å². The fraction of sp³-hybridized carbons (Fsp3) is 0.938. The van der Waals surface area contributed by atoms with Crippen molar-refractivity contribution < 1.29 is 9.53 Å². The van der Waals surface area contributed by atoms with Gasteiger partial charge in [-0.1, -0.05) is 6.92 Å². The van der Waals surface area contributed by atoms with Crippen molar-refractivity contribution >= 4 is 5.91 Å². The molecule has 2 aliphatic rings. The van der Waals surface area contributed by atoms with Gasteiger partial charge >= 0.3 is 0 Å². The van der Waals surface area contributed by atoms with Gasteiger partial charge in [0.15, 0.2) is 0 Å². The second-order valence-corrected chi connectivity index (χ2v) is 7.40. The third kappa shape index (κ3) is 4.18. The zero-order valence-corrected chi connectivity index (χ0v) is 14.1. The highest BCUT2D eigenvalue weighted by Crippen LogP contribution is 2.21. The molecule has 1 amide bonds. The topological polar surface area (TPSA) is 53.6 Å². The van der Waals surface area contributed by atoms with Crippen LogP contribution in [0.3, 0.4) is 0 Å². The molecule has 2 aliphatic heterocycles. The smallest absolute Gasteiger partial charge is 0.223 e. The molecular formula is C16H31N3O2. The Kier molecular flexibility index (Phi) is 5.28. The number of rotatable bonds is 5. The zero-order valence-electron chi connectivity index (χ0n) is 14.1. The summed E-state index contributed by atoms with van der Waals surface area (Å²) in [7, 11) is 0. The highest BCUT2D eigenvalue weighted by Gasteiger charge is 2.34. The summed E-state index contributed by atoms with van der Waals surface area (Å²) in [5.74, 6) is 0.782. The minimum absolute atomic E-state index is 0.0421. The molecule has 2 saturated heterocycles. The first kappa shape index (κ1) is 16.7. The Balaban J connectivity index is 1.83. The lowest BCUT2D eigenvalue weighted by Crippen LogP contribution is -2.59. The number of amides is 1. The molecule has 0 spiro atoms. The van der Waals surface area contributed by atoms with Gasteiger partial charge in [0.25, 0.3) is 0 Å². The molecule has 5 heteroatoms. The summed E-state index contributed by atoms with van der Waals surface area (Å²) in [5, 5.41) is 6.38. The van der Waals surface area contributed by atoms with Crippen LogP contribution < -0.4 is 10.6 Å². The molecule has 2 heterocycles. The van der Waals surface area contributed by atoms with E-state index in [1.165, 1.54) is 0 Å². The van der Waals surface area contributed by atoms with Gasteiger partial charge in [0.1, 0.15) is 0 Å². The third-order valence-electron chi connectivity index (χ3n) is 4.90. The molecule has 0 aromatic rings. The second-order valence-electron chi connectivity index (χ2n) is 7.40. The monoisotopic (exact) mass is 297 g/mol. The van der Waals surface area contributed by atoms with Crippen LogP contribution in [0.25, 0.3) is 0 Å². The predicted octanol–water partition coefficient (Wildman–Crippen LogP) is 0.846. The largest absolute Gasteiger partial charge is 0.373 e. The number of morpholine rings is 1. The zero-order chi connectivity index (χ0) is 15.6. The highest BCUT2D eigenvalue weighted by atomic mass is 16.5. The van der Waals surface area contributed by atoms with Crippen molar-refractivity contribution in [3.05, 3.63) is 0 Å². The van der Waals surface area contributed by atoms with E-state index in [9.17, 15) is 4.79 Å². The number of carbonyl (C=O) groups excluding carboxylic acids is 1. The van der Waals surface area contributed by atoms with Crippen LogP contribution in [-0.4, -0.2) is 61.3 Å². The van der Waals surface area contributed by atoms with Crippen LogP contribution in [0, 0.1) is 11.8 Å². The molecule has 5 nitrogen and oxygen atoms in total. The third-order valence-corrected chi connectivity index (χ3v) is 4.90. The van der Waals surface area contributed by atoms with Crippen LogP contribution in [0.5, 0.6) is 0 Å². The Morgan fingerprint density at radius 2 is 1.90 bits per heavy atom. The lowest BCUT2D eigenvalue weighted by atomic mass is 9.88. The van der Waals surface area contributed by atoms with Crippen LogP contribution in [0.2, 0.25) is 0 Å². The Labute approximate surface area is 128 Å². The summed E-state index contributed by atoms with van der Waals surface area (Å²) in [6.07, 6.45) is 0.507. The van der Waals surface area contributed by atoms with E-state index >= 15 is 0 Å². The summed E-state index contributed by atoms with van der Waals surface area (Å²) in [4.78, 5) is 14.7. The molecule has 0 aromatic heterocycles. The maximum Gasteiger partial charge on any atom is 0.223 e. The molecular weight excluding hydrogens is 266 g/mol. The number of ether oxygens (including phenoxy) is 1. The summed E-state index contributed by atoms with van der Waals surface area (Å²) in [6.45, 7) is 15.1. The second kappa shape index (κ2) is 6.63. The Morgan fingerprint density at radius 3 is 2.38 bits per heavy atom. The van der Waals surface area contributed by atoms with Crippen molar-refractivity contribution in [3.8, 4) is 0 Å². The van der Waals surface area contributed by atoms with E-state index in [-0.39, 0.29) is 29.6 Å². The van der Waals surface area contributed by atoms with E-state index < -0.39 is 0 Å². The van der Waals surface area contributed by atoms with Crippen molar-refractivity contribution in [1.82, 2.24) is 15.5 Å². The van der Waals surface area contributed by atoms with Crippen LogP contribution in [0.15, 0.2) is 0 Å². The maximum absolute atomic E-state index is 12.3. The molecule has 0 radical (unpaired) electrons. The highest BCUT2D eigenvalue weighted by molar-refractivity contribution is 5.78. The average Bonchev–Trinajstić information content (AvgIpc) is 2.32. The van der Waals surface area contributed by atoms with E-state index in [4.69, 9.17) is 4.74 Å². The van der Waals surface area contributed by atoms with Gasteiger partial charge in [-0.3, -0.25) is 9.69 Å². The van der Waals surface area contributed by atoms with Crippen LogP contribution in [0.4, 0.5) is 0 Å². The van der Waals surface area contributed by atoms with Gasteiger partial charge in [0.05, 0.1) is 12.2 Å². The van der Waals surface area contributed by atoms with Crippen molar-refractivity contribution in [3.63, 3.8) is 0 Å². The van der Waals surface area contributed by atoms with Gasteiger partial charge in [-0.25, -0.2) is 0 Å². The fourth-order valence-electron chi connectivity index (χ4n) is 3.13. The predicted molar refractivity (Wildman–Crippen MR) is 84.2 cm³/mol. The van der Waals surface area contributed by atoms with E-state index in [1.54, 1.807) is 0 Å². The number of hydrogen-bond donors (Lipinski definition) is 2. The van der Waals surface area contributed by atoms with Gasteiger partial charge in [-0.05, 0) is 46.7 Å². The number of nitrogens with one attached hydrogen (secondary N) is 2. The molecule has 2 fully saturated rings. The Bertz CT molecular complexity index is 359. The molecule has 0 aromatic carbocycles. The minimum atomic E-state index is -0.0421. The lowest BCUT2D eigenvalue weighted by Gasteiger charge is -2.45. The molecule has 3 atom stereocenters. The normalized spacial score (nSPS) is 29.8. The molecule has 122 valence electrons. The quantitative estimate of drug-likeness (QED) is 0.790. The number of carbonyl (C=O) groups is 1.